The van der Waals surface area contributed by atoms with E-state index in [2.05, 4.69) is 154 Å². The molecule has 0 heterocycles. The molecular formula is C63H90. The van der Waals surface area contributed by atoms with Gasteiger partial charge in [0.15, 0.2) is 0 Å². The normalized spacial score (nSPS) is 13.3. The SMILES string of the molecule is C1=CCCCC1.C=C.C=CC.C=CC1CC=CCC1.C=CC=C.C=CC=C.C=CC=C.C=CC=C.C=Cc1ccccc1.CC1CC=CCC1.Cc1ccccc1.c1ccccc1. The van der Waals surface area contributed by atoms with Crippen LogP contribution in [0.5, 0.6) is 0 Å². The molecule has 3 aromatic rings. The molecule has 0 spiro atoms. The zero-order valence-corrected chi connectivity index (χ0v) is 40.5. The van der Waals surface area contributed by atoms with Crippen molar-refractivity contribution in [3.63, 3.8) is 0 Å². The summed E-state index contributed by atoms with van der Waals surface area (Å²) in [6, 6.07) is 32.3. The quantitative estimate of drug-likeness (QED) is 0.171. The van der Waals surface area contributed by atoms with Crippen LogP contribution in [0.3, 0.4) is 0 Å². The highest BCUT2D eigenvalue weighted by Crippen LogP contribution is 2.18. The molecular weight excluding hydrogens is 757 g/mol. The average molecular weight is 847 g/mol. The van der Waals surface area contributed by atoms with Gasteiger partial charge in [-0.1, -0.05) is 272 Å². The van der Waals surface area contributed by atoms with E-state index in [4.69, 9.17) is 0 Å². The maximum Gasteiger partial charge on any atom is -0.0199 e. The summed E-state index contributed by atoms with van der Waals surface area (Å²) in [5, 5.41) is 0. The van der Waals surface area contributed by atoms with E-state index in [1.165, 1.54) is 75.3 Å². The summed E-state index contributed by atoms with van der Waals surface area (Å²) in [4.78, 5) is 0. The van der Waals surface area contributed by atoms with Crippen molar-refractivity contribution in [1.29, 1.82) is 0 Å². The van der Waals surface area contributed by atoms with Gasteiger partial charge in [-0.3, -0.25) is 0 Å². The average Bonchev–Trinajstić information content (AvgIpc) is 3.38. The summed E-state index contributed by atoms with van der Waals surface area (Å²) in [5.41, 5.74) is 2.50. The van der Waals surface area contributed by atoms with Crippen LogP contribution in [0.25, 0.3) is 6.08 Å². The van der Waals surface area contributed by atoms with Crippen LogP contribution >= 0.6 is 0 Å². The maximum atomic E-state index is 3.75. The van der Waals surface area contributed by atoms with E-state index in [0.717, 1.165) is 11.8 Å². The van der Waals surface area contributed by atoms with E-state index >= 15 is 0 Å². The fraction of sp³-hybridized carbons (Fsp3) is 0.238. The predicted molar refractivity (Wildman–Crippen MR) is 299 cm³/mol. The molecule has 0 heteroatoms. The van der Waals surface area contributed by atoms with Crippen LogP contribution in [0, 0.1) is 18.8 Å². The molecule has 6 rings (SSSR count). The highest BCUT2D eigenvalue weighted by molar-refractivity contribution is 5.45. The van der Waals surface area contributed by atoms with Gasteiger partial charge in [0.05, 0.1) is 0 Å². The lowest BCUT2D eigenvalue weighted by Gasteiger charge is -2.11. The van der Waals surface area contributed by atoms with E-state index in [9.17, 15) is 0 Å². The third kappa shape index (κ3) is 77.0. The summed E-state index contributed by atoms with van der Waals surface area (Å²) in [7, 11) is 0. The Bertz CT molecular complexity index is 1400. The molecule has 2 atom stereocenters. The molecule has 342 valence electrons. The summed E-state index contributed by atoms with van der Waals surface area (Å²) in [5.74, 6) is 1.71. The zero-order valence-electron chi connectivity index (χ0n) is 40.5. The second kappa shape index (κ2) is 70.3. The van der Waals surface area contributed by atoms with E-state index < -0.39 is 0 Å². The predicted octanol–water partition coefficient (Wildman–Crippen LogP) is 20.4. The molecule has 0 saturated carbocycles. The maximum absolute atomic E-state index is 3.75. The van der Waals surface area contributed by atoms with Crippen molar-refractivity contribution in [3.8, 4) is 0 Å². The van der Waals surface area contributed by atoms with Crippen LogP contribution in [-0.4, -0.2) is 0 Å². The summed E-state index contributed by atoms with van der Waals surface area (Å²) in [6.07, 6.45) is 45.6. The molecule has 0 N–H and O–H groups in total. The number of benzene rings is 3. The zero-order chi connectivity index (χ0) is 48.7. The van der Waals surface area contributed by atoms with Crippen LogP contribution in [0.1, 0.15) is 89.2 Å². The lowest BCUT2D eigenvalue weighted by Crippen LogP contribution is -1.96. The standard InChI is InChI=1S/C8H12.C8H8.C7H12.C7H8.C6H10.C6H6.4C4H6.C3H6.C2H4/c2*1-2-8-6-4-3-5-7-8;2*1-7-5-3-2-4-6-7;2*1-2-4-6-5-3-1;4*1-3-4-2;1-3-2;1-2/h2-4,8H,1,5-7H2;2-7H,1H2;2-3,7H,4-6H2,1H3;2-6H,1H3;1-2H,3-6H2;1-6H;4*3-4H,1-2H2;3H,1H2,2H3;1-2H2. The molecule has 3 aromatic carbocycles. The highest BCUT2D eigenvalue weighted by Gasteiger charge is 2.03. The molecule has 0 saturated heterocycles. The van der Waals surface area contributed by atoms with Gasteiger partial charge in [0.25, 0.3) is 0 Å². The minimum atomic E-state index is 0.764. The van der Waals surface area contributed by atoms with Crippen LogP contribution in [0.15, 0.2) is 280 Å². The lowest BCUT2D eigenvalue weighted by atomic mass is 9.95. The monoisotopic (exact) mass is 847 g/mol. The van der Waals surface area contributed by atoms with Crippen molar-refractivity contribution in [1.82, 2.24) is 0 Å². The smallest absolute Gasteiger partial charge is 0.0199 e. The summed E-state index contributed by atoms with van der Waals surface area (Å²) < 4.78 is 0. The molecule has 0 aromatic heterocycles. The Hall–Kier alpha value is -6.24. The Morgan fingerprint density at radius 2 is 0.746 bits per heavy atom. The number of allylic oxidation sites excluding steroid dienone is 16. The molecule has 0 fully saturated rings. The van der Waals surface area contributed by atoms with Crippen molar-refractivity contribution in [3.05, 3.63) is 291 Å². The first-order valence-electron chi connectivity index (χ1n) is 22.0. The van der Waals surface area contributed by atoms with E-state index in [1.807, 2.05) is 97.9 Å². The first-order chi connectivity index (χ1) is 30.7. The van der Waals surface area contributed by atoms with Gasteiger partial charge in [0.2, 0.25) is 0 Å². The van der Waals surface area contributed by atoms with Gasteiger partial charge in [0, 0.05) is 0 Å². The second-order valence-corrected chi connectivity index (χ2v) is 13.1. The van der Waals surface area contributed by atoms with Crippen LogP contribution in [0.2, 0.25) is 0 Å². The van der Waals surface area contributed by atoms with Gasteiger partial charge < -0.3 is 0 Å². The van der Waals surface area contributed by atoms with Crippen molar-refractivity contribution in [2.75, 3.05) is 0 Å². The molecule has 2 unspecified atom stereocenters. The molecule has 0 aliphatic heterocycles. The molecule has 3 aliphatic carbocycles. The van der Waals surface area contributed by atoms with Gasteiger partial charge in [-0.2, -0.15) is 0 Å². The third-order valence-electron chi connectivity index (χ3n) is 7.64. The molecule has 3 aliphatic rings. The number of aryl methyl sites for hydroxylation is 1. The fourth-order valence-electron chi connectivity index (χ4n) is 4.24. The van der Waals surface area contributed by atoms with Gasteiger partial charge in [0.1, 0.15) is 0 Å². The Balaban J connectivity index is -0.000000143. The van der Waals surface area contributed by atoms with Gasteiger partial charge in [-0.15, -0.1) is 26.3 Å². The number of hydrogen-bond donors (Lipinski definition) is 0. The van der Waals surface area contributed by atoms with E-state index in [0.29, 0.717) is 0 Å². The topological polar surface area (TPSA) is 0 Å². The largest absolute Gasteiger partial charge is 0.106 e. The van der Waals surface area contributed by atoms with Crippen LogP contribution in [0.4, 0.5) is 0 Å². The first-order valence-corrected chi connectivity index (χ1v) is 22.0. The van der Waals surface area contributed by atoms with Gasteiger partial charge >= 0.3 is 0 Å². The van der Waals surface area contributed by atoms with Gasteiger partial charge in [-0.25, -0.2) is 0 Å². The second-order valence-electron chi connectivity index (χ2n) is 13.1. The molecule has 0 radical (unpaired) electrons. The summed E-state index contributed by atoms with van der Waals surface area (Å²) >= 11 is 0. The third-order valence-corrected chi connectivity index (χ3v) is 7.64. The van der Waals surface area contributed by atoms with E-state index in [1.54, 1.807) is 54.7 Å². The lowest BCUT2D eigenvalue weighted by molar-refractivity contribution is 0.527. The van der Waals surface area contributed by atoms with Crippen molar-refractivity contribution in [2.24, 2.45) is 11.8 Å². The Labute approximate surface area is 392 Å². The van der Waals surface area contributed by atoms with Crippen LogP contribution < -0.4 is 0 Å². The molecule has 0 nitrogen and oxygen atoms in total. The molecule has 0 bridgehead atoms. The minimum absolute atomic E-state index is 0.764. The van der Waals surface area contributed by atoms with Crippen molar-refractivity contribution in [2.45, 2.75) is 85.0 Å². The number of hydrogen-bond acceptors (Lipinski definition) is 0. The highest BCUT2D eigenvalue weighted by atomic mass is 14.1. The Kier molecular flexibility index (Phi) is 76.5. The van der Waals surface area contributed by atoms with Crippen molar-refractivity contribution < 1.29 is 0 Å². The van der Waals surface area contributed by atoms with Crippen molar-refractivity contribution >= 4 is 6.08 Å². The Morgan fingerprint density at radius 1 is 0.429 bits per heavy atom. The minimum Gasteiger partial charge on any atom is -0.106 e. The molecule has 0 amide bonds. The summed E-state index contributed by atoms with van der Waals surface area (Å²) in [6.45, 7) is 49.9. The number of rotatable bonds is 6. The fourth-order valence-corrected chi connectivity index (χ4v) is 4.24. The first kappa shape index (κ1) is 68.5. The van der Waals surface area contributed by atoms with Gasteiger partial charge in [-0.05, 0) is 95.5 Å². The Morgan fingerprint density at radius 3 is 0.905 bits per heavy atom. The van der Waals surface area contributed by atoms with Crippen LogP contribution in [-0.2, 0) is 0 Å². The molecule has 63 heavy (non-hydrogen) atoms. The van der Waals surface area contributed by atoms with E-state index in [-0.39, 0.29) is 0 Å².